The predicted molar refractivity (Wildman–Crippen MR) is 56.2 cm³/mol. The van der Waals surface area contributed by atoms with Crippen molar-refractivity contribution in [2.75, 3.05) is 6.61 Å². The van der Waals surface area contributed by atoms with E-state index in [-0.39, 0.29) is 0 Å². The summed E-state index contributed by atoms with van der Waals surface area (Å²) < 4.78 is 5.68. The van der Waals surface area contributed by atoms with Gasteiger partial charge in [-0.15, -0.1) is 0 Å². The van der Waals surface area contributed by atoms with Gasteiger partial charge in [0.1, 0.15) is 5.75 Å². The van der Waals surface area contributed by atoms with Gasteiger partial charge in [-0.05, 0) is 37.0 Å². The van der Waals surface area contributed by atoms with Crippen LogP contribution in [0.4, 0.5) is 0 Å². The molecule has 1 aromatic rings. The molecule has 0 aromatic heterocycles. The van der Waals surface area contributed by atoms with Crippen LogP contribution in [-0.4, -0.2) is 6.61 Å². The average Bonchev–Trinajstić information content (AvgIpc) is 2.06. The summed E-state index contributed by atoms with van der Waals surface area (Å²) in [5.74, 6) is 1.61. The van der Waals surface area contributed by atoms with E-state index in [1.54, 1.807) is 0 Å². The lowest BCUT2D eigenvalue weighted by molar-refractivity contribution is 0.269. The molecule has 0 unspecified atom stereocenters. The standard InChI is InChI=1S/C12H18O/c1-9(2)8-13-12-7-10(3)5-6-11(12)4/h5-7,9H,8H2,1-4H3. The highest BCUT2D eigenvalue weighted by Crippen LogP contribution is 2.19. The van der Waals surface area contributed by atoms with Gasteiger partial charge in [-0.3, -0.25) is 0 Å². The molecular formula is C12H18O. The summed E-state index contributed by atoms with van der Waals surface area (Å²) in [6, 6.07) is 6.31. The lowest BCUT2D eigenvalue weighted by Gasteiger charge is -2.11. The van der Waals surface area contributed by atoms with Crippen LogP contribution < -0.4 is 4.74 Å². The molecule has 0 heterocycles. The minimum atomic E-state index is 0.583. The molecule has 0 amide bonds. The van der Waals surface area contributed by atoms with Crippen LogP contribution in [0.25, 0.3) is 0 Å². The lowest BCUT2D eigenvalue weighted by atomic mass is 10.1. The zero-order valence-electron chi connectivity index (χ0n) is 8.92. The minimum Gasteiger partial charge on any atom is -0.493 e. The van der Waals surface area contributed by atoms with Crippen LogP contribution in [0.3, 0.4) is 0 Å². The van der Waals surface area contributed by atoms with Crippen molar-refractivity contribution in [1.82, 2.24) is 0 Å². The summed E-state index contributed by atoms with van der Waals surface area (Å²) >= 11 is 0. The van der Waals surface area contributed by atoms with Gasteiger partial charge in [0.05, 0.1) is 6.61 Å². The van der Waals surface area contributed by atoms with Gasteiger partial charge in [-0.1, -0.05) is 26.0 Å². The molecule has 0 aliphatic rings. The molecule has 0 spiro atoms. The number of benzene rings is 1. The predicted octanol–water partition coefficient (Wildman–Crippen LogP) is 3.34. The molecule has 0 bridgehead atoms. The average molecular weight is 178 g/mol. The third kappa shape index (κ3) is 3.10. The Morgan fingerprint density at radius 3 is 2.54 bits per heavy atom. The molecule has 0 saturated carbocycles. The highest BCUT2D eigenvalue weighted by Gasteiger charge is 2.00. The lowest BCUT2D eigenvalue weighted by Crippen LogP contribution is -2.05. The van der Waals surface area contributed by atoms with Crippen LogP contribution in [0.15, 0.2) is 18.2 Å². The van der Waals surface area contributed by atoms with Gasteiger partial charge in [0, 0.05) is 0 Å². The minimum absolute atomic E-state index is 0.583. The van der Waals surface area contributed by atoms with Gasteiger partial charge < -0.3 is 4.74 Å². The first-order valence-corrected chi connectivity index (χ1v) is 4.79. The van der Waals surface area contributed by atoms with Crippen LogP contribution >= 0.6 is 0 Å². The van der Waals surface area contributed by atoms with Crippen molar-refractivity contribution in [3.63, 3.8) is 0 Å². The van der Waals surface area contributed by atoms with E-state index in [1.807, 2.05) is 0 Å². The third-order valence-electron chi connectivity index (χ3n) is 1.92. The Labute approximate surface area is 80.7 Å². The number of rotatable bonds is 3. The quantitative estimate of drug-likeness (QED) is 0.689. The summed E-state index contributed by atoms with van der Waals surface area (Å²) in [5.41, 5.74) is 2.47. The molecule has 1 heteroatoms. The van der Waals surface area contributed by atoms with E-state index in [1.165, 1.54) is 11.1 Å². The molecule has 0 aliphatic carbocycles. The fourth-order valence-electron chi connectivity index (χ4n) is 1.12. The Bertz CT molecular complexity index is 276. The maximum absolute atomic E-state index is 5.68. The molecule has 0 atom stereocenters. The van der Waals surface area contributed by atoms with E-state index < -0.39 is 0 Å². The molecule has 0 saturated heterocycles. The van der Waals surface area contributed by atoms with Gasteiger partial charge in [-0.25, -0.2) is 0 Å². The Kier molecular flexibility index (Phi) is 3.35. The summed E-state index contributed by atoms with van der Waals surface area (Å²) in [4.78, 5) is 0. The fraction of sp³-hybridized carbons (Fsp3) is 0.500. The third-order valence-corrected chi connectivity index (χ3v) is 1.92. The fourth-order valence-corrected chi connectivity index (χ4v) is 1.12. The van der Waals surface area contributed by atoms with Crippen molar-refractivity contribution < 1.29 is 4.74 Å². The first kappa shape index (κ1) is 10.1. The largest absolute Gasteiger partial charge is 0.493 e. The van der Waals surface area contributed by atoms with Gasteiger partial charge >= 0.3 is 0 Å². The van der Waals surface area contributed by atoms with Crippen molar-refractivity contribution in [3.05, 3.63) is 29.3 Å². The van der Waals surface area contributed by atoms with Gasteiger partial charge in [0.2, 0.25) is 0 Å². The van der Waals surface area contributed by atoms with E-state index in [9.17, 15) is 0 Å². The van der Waals surface area contributed by atoms with E-state index in [0.29, 0.717) is 5.92 Å². The number of aryl methyl sites for hydroxylation is 2. The van der Waals surface area contributed by atoms with E-state index in [4.69, 9.17) is 4.74 Å². The maximum Gasteiger partial charge on any atom is 0.122 e. The summed E-state index contributed by atoms with van der Waals surface area (Å²) in [6.07, 6.45) is 0. The maximum atomic E-state index is 5.68. The number of ether oxygens (including phenoxy) is 1. The van der Waals surface area contributed by atoms with Crippen molar-refractivity contribution in [2.24, 2.45) is 5.92 Å². The van der Waals surface area contributed by atoms with Crippen LogP contribution in [0.5, 0.6) is 5.75 Å². The number of hydrogen-bond donors (Lipinski definition) is 0. The van der Waals surface area contributed by atoms with Gasteiger partial charge in [0.25, 0.3) is 0 Å². The molecule has 1 nitrogen and oxygen atoms in total. The SMILES string of the molecule is Cc1ccc(C)c(OCC(C)C)c1. The second kappa shape index (κ2) is 4.31. The summed E-state index contributed by atoms with van der Waals surface area (Å²) in [7, 11) is 0. The monoisotopic (exact) mass is 178 g/mol. The zero-order valence-corrected chi connectivity index (χ0v) is 8.92. The Hall–Kier alpha value is -0.980. The first-order chi connectivity index (χ1) is 6.09. The van der Waals surface area contributed by atoms with Crippen LogP contribution in [0, 0.1) is 19.8 Å². The van der Waals surface area contributed by atoms with E-state index >= 15 is 0 Å². The molecule has 0 radical (unpaired) electrons. The molecule has 0 N–H and O–H groups in total. The molecule has 0 aliphatic heterocycles. The zero-order chi connectivity index (χ0) is 9.84. The Balaban J connectivity index is 2.70. The highest BCUT2D eigenvalue weighted by molar-refractivity contribution is 5.35. The smallest absolute Gasteiger partial charge is 0.122 e. The van der Waals surface area contributed by atoms with Crippen molar-refractivity contribution in [2.45, 2.75) is 27.7 Å². The van der Waals surface area contributed by atoms with Crippen molar-refractivity contribution in [1.29, 1.82) is 0 Å². The van der Waals surface area contributed by atoms with E-state index in [0.717, 1.165) is 12.4 Å². The second-order valence-corrected chi connectivity index (χ2v) is 3.97. The van der Waals surface area contributed by atoms with Crippen molar-refractivity contribution >= 4 is 0 Å². The topological polar surface area (TPSA) is 9.23 Å². The molecule has 1 rings (SSSR count). The first-order valence-electron chi connectivity index (χ1n) is 4.79. The number of hydrogen-bond acceptors (Lipinski definition) is 1. The molecular weight excluding hydrogens is 160 g/mol. The Morgan fingerprint density at radius 2 is 1.92 bits per heavy atom. The molecule has 0 fully saturated rings. The highest BCUT2D eigenvalue weighted by atomic mass is 16.5. The normalized spacial score (nSPS) is 10.5. The van der Waals surface area contributed by atoms with Crippen molar-refractivity contribution in [3.8, 4) is 5.75 Å². The van der Waals surface area contributed by atoms with Crippen LogP contribution in [0.1, 0.15) is 25.0 Å². The molecule has 1 aromatic carbocycles. The molecule has 72 valence electrons. The Morgan fingerprint density at radius 1 is 1.23 bits per heavy atom. The summed E-state index contributed by atoms with van der Waals surface area (Å²) in [6.45, 7) is 9.28. The molecule has 13 heavy (non-hydrogen) atoms. The van der Waals surface area contributed by atoms with Crippen LogP contribution in [0.2, 0.25) is 0 Å². The van der Waals surface area contributed by atoms with Gasteiger partial charge in [-0.2, -0.15) is 0 Å². The van der Waals surface area contributed by atoms with Gasteiger partial charge in [0.15, 0.2) is 0 Å². The van der Waals surface area contributed by atoms with E-state index in [2.05, 4.69) is 45.9 Å². The second-order valence-electron chi connectivity index (χ2n) is 3.97. The summed E-state index contributed by atoms with van der Waals surface area (Å²) in [5, 5.41) is 0. The van der Waals surface area contributed by atoms with Crippen LogP contribution in [-0.2, 0) is 0 Å².